The van der Waals surface area contributed by atoms with Gasteiger partial charge in [0.05, 0.1) is 11.6 Å². The lowest BCUT2D eigenvalue weighted by molar-refractivity contribution is -0.0642. The number of hydrogen-bond acceptors (Lipinski definition) is 5. The summed E-state index contributed by atoms with van der Waals surface area (Å²) in [6.07, 6.45) is 0.146. The molecule has 5 heteroatoms. The number of ether oxygens (including phenoxy) is 1. The molecule has 0 amide bonds. The van der Waals surface area contributed by atoms with E-state index in [4.69, 9.17) is 4.74 Å². The molecule has 1 aliphatic heterocycles. The van der Waals surface area contributed by atoms with Gasteiger partial charge >= 0.3 is 0 Å². The number of aromatic nitrogens is 1. The van der Waals surface area contributed by atoms with E-state index in [0.717, 1.165) is 40.7 Å². The van der Waals surface area contributed by atoms with Gasteiger partial charge in [0.2, 0.25) is 0 Å². The summed E-state index contributed by atoms with van der Waals surface area (Å²) in [4.78, 5) is 4.46. The van der Waals surface area contributed by atoms with Gasteiger partial charge in [-0.3, -0.25) is 0 Å². The minimum Gasteiger partial charge on any atom is -0.485 e. The lowest BCUT2D eigenvalue weighted by Crippen LogP contribution is -2.52. The standard InChI is InChI=1S/C24H25N3O2/c1-15-11-17(14-25)27-20-12-19-21(13-18(15)20)29-24(2,3)23(28)22(19)26-10-9-16-7-5-4-6-8-16/h4-8,11-13,22-23,26,28H,9-10H2,1-3H3. The Morgan fingerprint density at radius 2 is 1.97 bits per heavy atom. The van der Waals surface area contributed by atoms with Crippen LogP contribution in [0.2, 0.25) is 0 Å². The average molecular weight is 387 g/mol. The molecule has 0 saturated carbocycles. The van der Waals surface area contributed by atoms with Crippen molar-refractivity contribution in [1.82, 2.24) is 10.3 Å². The Morgan fingerprint density at radius 3 is 2.69 bits per heavy atom. The van der Waals surface area contributed by atoms with E-state index in [1.54, 1.807) is 6.07 Å². The summed E-state index contributed by atoms with van der Waals surface area (Å²) >= 11 is 0. The number of aliphatic hydroxyl groups is 1. The maximum Gasteiger partial charge on any atom is 0.141 e. The van der Waals surface area contributed by atoms with Gasteiger partial charge in [0.15, 0.2) is 0 Å². The highest BCUT2D eigenvalue weighted by atomic mass is 16.5. The monoisotopic (exact) mass is 387 g/mol. The third-order valence-corrected chi connectivity index (χ3v) is 5.62. The van der Waals surface area contributed by atoms with Crippen LogP contribution in [-0.4, -0.2) is 28.3 Å². The molecule has 0 spiro atoms. The highest BCUT2D eigenvalue weighted by Crippen LogP contribution is 2.42. The molecule has 2 N–H and O–H groups in total. The number of nitriles is 1. The van der Waals surface area contributed by atoms with Gasteiger partial charge in [-0.05, 0) is 63.1 Å². The Labute approximate surface area is 171 Å². The molecule has 1 aromatic heterocycles. The van der Waals surface area contributed by atoms with Gasteiger partial charge in [-0.25, -0.2) is 4.98 Å². The molecule has 29 heavy (non-hydrogen) atoms. The van der Waals surface area contributed by atoms with Crippen LogP contribution in [0.25, 0.3) is 10.9 Å². The molecule has 0 aliphatic carbocycles. The second-order valence-corrected chi connectivity index (χ2v) is 8.16. The van der Waals surface area contributed by atoms with Gasteiger partial charge in [0.1, 0.15) is 29.2 Å². The second-order valence-electron chi connectivity index (χ2n) is 8.16. The summed E-state index contributed by atoms with van der Waals surface area (Å²) in [5.41, 5.74) is 3.51. The minimum atomic E-state index is -0.723. The molecule has 2 unspecified atom stereocenters. The first kappa shape index (κ1) is 19.4. The van der Waals surface area contributed by atoms with E-state index in [1.165, 1.54) is 5.56 Å². The summed E-state index contributed by atoms with van der Waals surface area (Å²) in [5.74, 6) is 0.750. The Morgan fingerprint density at radius 1 is 1.21 bits per heavy atom. The first-order chi connectivity index (χ1) is 13.9. The molecule has 5 nitrogen and oxygen atoms in total. The third kappa shape index (κ3) is 3.69. The summed E-state index contributed by atoms with van der Waals surface area (Å²) in [5, 5.41) is 24.7. The van der Waals surface area contributed by atoms with Crippen molar-refractivity contribution in [2.24, 2.45) is 0 Å². The Bertz CT molecular complexity index is 1090. The van der Waals surface area contributed by atoms with Crippen molar-refractivity contribution < 1.29 is 9.84 Å². The van der Waals surface area contributed by atoms with E-state index >= 15 is 0 Å². The zero-order chi connectivity index (χ0) is 20.6. The van der Waals surface area contributed by atoms with Crippen LogP contribution in [0.15, 0.2) is 48.5 Å². The van der Waals surface area contributed by atoms with Gasteiger partial charge in [0, 0.05) is 10.9 Å². The molecule has 4 rings (SSSR count). The van der Waals surface area contributed by atoms with Crippen LogP contribution in [0.4, 0.5) is 0 Å². The fraction of sp³-hybridized carbons (Fsp3) is 0.333. The quantitative estimate of drug-likeness (QED) is 0.712. The smallest absolute Gasteiger partial charge is 0.141 e. The zero-order valence-electron chi connectivity index (χ0n) is 16.9. The van der Waals surface area contributed by atoms with Crippen LogP contribution < -0.4 is 10.1 Å². The van der Waals surface area contributed by atoms with E-state index < -0.39 is 11.7 Å². The van der Waals surface area contributed by atoms with Gasteiger partial charge in [0.25, 0.3) is 0 Å². The fourth-order valence-electron chi connectivity index (χ4n) is 3.98. The van der Waals surface area contributed by atoms with Gasteiger partial charge < -0.3 is 15.2 Å². The van der Waals surface area contributed by atoms with E-state index in [0.29, 0.717) is 5.69 Å². The van der Waals surface area contributed by atoms with Crippen LogP contribution in [0, 0.1) is 18.3 Å². The first-order valence-corrected chi connectivity index (χ1v) is 9.89. The molecule has 0 bridgehead atoms. The minimum absolute atomic E-state index is 0.283. The summed E-state index contributed by atoms with van der Waals surface area (Å²) in [6.45, 7) is 6.50. The van der Waals surface area contributed by atoms with Crippen molar-refractivity contribution >= 4 is 10.9 Å². The molecule has 148 valence electrons. The van der Waals surface area contributed by atoms with Crippen LogP contribution in [0.1, 0.15) is 42.3 Å². The van der Waals surface area contributed by atoms with Gasteiger partial charge in [-0.15, -0.1) is 0 Å². The van der Waals surface area contributed by atoms with Crippen molar-refractivity contribution in [2.45, 2.75) is 44.9 Å². The summed E-state index contributed by atoms with van der Waals surface area (Å²) in [7, 11) is 0. The number of hydrogen-bond donors (Lipinski definition) is 2. The summed E-state index contributed by atoms with van der Waals surface area (Å²) < 4.78 is 6.16. The van der Waals surface area contributed by atoms with Gasteiger partial charge in [-0.1, -0.05) is 30.3 Å². The molecule has 0 fully saturated rings. The molecule has 2 heterocycles. The average Bonchev–Trinajstić information content (AvgIpc) is 2.70. The topological polar surface area (TPSA) is 78.2 Å². The van der Waals surface area contributed by atoms with E-state index in [1.807, 2.05) is 51.1 Å². The van der Waals surface area contributed by atoms with Gasteiger partial charge in [-0.2, -0.15) is 5.26 Å². The highest BCUT2D eigenvalue weighted by Gasteiger charge is 2.42. The number of aliphatic hydroxyl groups excluding tert-OH is 1. The Kier molecular flexibility index (Phi) is 4.99. The lowest BCUT2D eigenvalue weighted by atomic mass is 9.85. The number of benzene rings is 2. The maximum atomic E-state index is 11.0. The predicted molar refractivity (Wildman–Crippen MR) is 113 cm³/mol. The van der Waals surface area contributed by atoms with Crippen LogP contribution in [0.5, 0.6) is 5.75 Å². The van der Waals surface area contributed by atoms with Crippen molar-refractivity contribution in [3.8, 4) is 11.8 Å². The van der Waals surface area contributed by atoms with E-state index in [2.05, 4.69) is 28.5 Å². The molecule has 2 atom stereocenters. The number of pyridine rings is 1. The van der Waals surface area contributed by atoms with Crippen molar-refractivity contribution in [1.29, 1.82) is 5.26 Å². The zero-order valence-corrected chi connectivity index (χ0v) is 16.9. The fourth-order valence-corrected chi connectivity index (χ4v) is 3.98. The predicted octanol–water partition coefficient (Wildman–Crippen LogP) is 3.82. The van der Waals surface area contributed by atoms with Crippen LogP contribution in [0.3, 0.4) is 0 Å². The van der Waals surface area contributed by atoms with Crippen molar-refractivity contribution in [3.63, 3.8) is 0 Å². The molecular weight excluding hydrogens is 362 g/mol. The molecular formula is C24H25N3O2. The number of nitrogens with zero attached hydrogens (tertiary/aromatic N) is 2. The van der Waals surface area contributed by atoms with Crippen LogP contribution >= 0.6 is 0 Å². The largest absolute Gasteiger partial charge is 0.485 e. The number of aryl methyl sites for hydroxylation is 1. The van der Waals surface area contributed by atoms with Crippen molar-refractivity contribution in [2.75, 3.05) is 6.54 Å². The number of rotatable bonds is 4. The third-order valence-electron chi connectivity index (χ3n) is 5.62. The highest BCUT2D eigenvalue weighted by molar-refractivity contribution is 5.85. The molecule has 2 aromatic carbocycles. The summed E-state index contributed by atoms with van der Waals surface area (Å²) in [6, 6.07) is 17.8. The Hall–Kier alpha value is -2.94. The molecule has 1 aliphatic rings. The van der Waals surface area contributed by atoms with E-state index in [9.17, 15) is 10.4 Å². The molecule has 3 aromatic rings. The second kappa shape index (κ2) is 7.47. The molecule has 0 radical (unpaired) electrons. The maximum absolute atomic E-state index is 11.0. The lowest BCUT2D eigenvalue weighted by Gasteiger charge is -2.42. The van der Waals surface area contributed by atoms with E-state index in [-0.39, 0.29) is 6.04 Å². The van der Waals surface area contributed by atoms with Crippen LogP contribution in [-0.2, 0) is 6.42 Å². The SMILES string of the molecule is Cc1cc(C#N)nc2cc3c(cc12)OC(C)(C)C(O)C3NCCc1ccccc1. The normalized spacial score (nSPS) is 20.0. The number of fused-ring (bicyclic) bond motifs is 2. The first-order valence-electron chi connectivity index (χ1n) is 9.89. The van der Waals surface area contributed by atoms with Crippen molar-refractivity contribution in [3.05, 3.63) is 70.9 Å². The Balaban J connectivity index is 1.70. The molecule has 0 saturated heterocycles. The number of nitrogens with one attached hydrogen (secondary N) is 1.